The van der Waals surface area contributed by atoms with Crippen molar-refractivity contribution in [2.45, 2.75) is 103 Å². The van der Waals surface area contributed by atoms with Gasteiger partial charge >= 0.3 is 7.60 Å². The number of methoxy groups -OCH3 is 1. The van der Waals surface area contributed by atoms with E-state index in [-0.39, 0.29) is 12.7 Å². The van der Waals surface area contributed by atoms with E-state index in [1.807, 2.05) is 0 Å². The van der Waals surface area contributed by atoms with E-state index in [2.05, 4.69) is 28.1 Å². The largest absolute Gasteiger partial charge is 0.379 e. The van der Waals surface area contributed by atoms with Crippen LogP contribution in [0.3, 0.4) is 0 Å². The van der Waals surface area contributed by atoms with Crippen LogP contribution in [0.15, 0.2) is 0 Å². The highest BCUT2D eigenvalue weighted by Gasteiger charge is 2.21. The zero-order chi connectivity index (χ0) is 24.8. The number of ether oxygens (including phenoxy) is 2. The topological polar surface area (TPSA) is 54.0 Å². The van der Waals surface area contributed by atoms with E-state index in [4.69, 9.17) is 18.5 Å². The summed E-state index contributed by atoms with van der Waals surface area (Å²) in [4.78, 5) is 0. The van der Waals surface area contributed by atoms with E-state index in [0.717, 1.165) is 24.1 Å². The van der Waals surface area contributed by atoms with Gasteiger partial charge in [0.25, 0.3) is 0 Å². The standard InChI is InChI=1S/C26H57NO5P/c1-7-8-9-10-11-12-13-14-15-16-17-18-19-20-22-30-24-26(29-5)25-32-33(6,28)31-23-21-27(2,3)4/h26H,7-25H2,1-6H3/q+1. The Bertz CT molecular complexity index is 470. The van der Waals surface area contributed by atoms with Crippen LogP contribution < -0.4 is 0 Å². The van der Waals surface area contributed by atoms with Crippen LogP contribution >= 0.6 is 7.60 Å². The molecule has 0 rings (SSSR count). The third kappa shape index (κ3) is 24.9. The molecule has 0 spiro atoms. The van der Waals surface area contributed by atoms with Gasteiger partial charge in [0, 0.05) is 20.4 Å². The Kier molecular flexibility index (Phi) is 21.3. The van der Waals surface area contributed by atoms with Crippen molar-refractivity contribution in [3.8, 4) is 0 Å². The first kappa shape index (κ1) is 33.0. The van der Waals surface area contributed by atoms with Crippen LogP contribution in [0.2, 0.25) is 0 Å². The van der Waals surface area contributed by atoms with Gasteiger partial charge in [-0.05, 0) is 6.42 Å². The number of likely N-dealkylation sites (N-methyl/N-ethyl adjacent to an activating group) is 1. The van der Waals surface area contributed by atoms with E-state index in [1.165, 1.54) is 90.1 Å². The molecule has 200 valence electrons. The first-order chi connectivity index (χ1) is 15.7. The van der Waals surface area contributed by atoms with Crippen molar-refractivity contribution in [2.75, 3.05) is 67.9 Å². The molecule has 0 saturated carbocycles. The SMILES string of the molecule is CCCCCCCCCCCCCCCCOCC(COP(C)(=O)OCC[N+](C)(C)C)OC. The lowest BCUT2D eigenvalue weighted by atomic mass is 10.0. The molecule has 0 heterocycles. The molecule has 0 aliphatic carbocycles. The molecule has 7 heteroatoms. The smallest absolute Gasteiger partial charge is 0.327 e. The van der Waals surface area contributed by atoms with Crippen LogP contribution in [-0.2, 0) is 23.1 Å². The quantitative estimate of drug-likeness (QED) is 0.0772. The zero-order valence-electron chi connectivity index (χ0n) is 22.9. The van der Waals surface area contributed by atoms with Crippen molar-refractivity contribution in [1.82, 2.24) is 0 Å². The minimum atomic E-state index is -3.07. The van der Waals surface area contributed by atoms with Crippen molar-refractivity contribution in [1.29, 1.82) is 0 Å². The summed E-state index contributed by atoms with van der Waals surface area (Å²) in [6, 6.07) is 0. The molecule has 2 atom stereocenters. The van der Waals surface area contributed by atoms with E-state index in [9.17, 15) is 4.57 Å². The zero-order valence-corrected chi connectivity index (χ0v) is 23.8. The fourth-order valence-corrected chi connectivity index (χ4v) is 4.46. The monoisotopic (exact) mass is 494 g/mol. The minimum Gasteiger partial charge on any atom is -0.379 e. The Morgan fingerprint density at radius 3 is 1.64 bits per heavy atom. The number of quaternary nitrogens is 1. The lowest BCUT2D eigenvalue weighted by Crippen LogP contribution is -2.37. The molecule has 0 bridgehead atoms. The van der Waals surface area contributed by atoms with Crippen LogP contribution in [0.4, 0.5) is 0 Å². The summed E-state index contributed by atoms with van der Waals surface area (Å²) < 4.78 is 35.3. The Morgan fingerprint density at radius 2 is 1.18 bits per heavy atom. The van der Waals surface area contributed by atoms with Crippen molar-refractivity contribution >= 4 is 7.60 Å². The first-order valence-corrected chi connectivity index (χ1v) is 15.5. The maximum Gasteiger partial charge on any atom is 0.327 e. The van der Waals surface area contributed by atoms with Gasteiger partial charge in [0.1, 0.15) is 19.3 Å². The van der Waals surface area contributed by atoms with E-state index < -0.39 is 7.60 Å². The lowest BCUT2D eigenvalue weighted by Gasteiger charge is -2.25. The number of nitrogens with zero attached hydrogens (tertiary/aromatic N) is 1. The number of hydrogen-bond donors (Lipinski definition) is 0. The summed E-state index contributed by atoms with van der Waals surface area (Å²) in [5.41, 5.74) is 0. The van der Waals surface area contributed by atoms with E-state index >= 15 is 0 Å². The van der Waals surface area contributed by atoms with Crippen molar-refractivity contribution in [2.24, 2.45) is 0 Å². The summed E-state index contributed by atoms with van der Waals surface area (Å²) in [5.74, 6) is 0. The molecule has 0 aromatic carbocycles. The van der Waals surface area contributed by atoms with Crippen LogP contribution in [-0.4, -0.2) is 78.5 Å². The maximum atomic E-state index is 12.4. The second-order valence-electron chi connectivity index (χ2n) is 10.4. The molecule has 0 saturated heterocycles. The second-order valence-corrected chi connectivity index (χ2v) is 12.5. The normalized spacial score (nSPS) is 15.0. The fourth-order valence-electron chi connectivity index (χ4n) is 3.53. The molecular formula is C26H57NO5P+. The molecule has 0 amide bonds. The summed E-state index contributed by atoms with van der Waals surface area (Å²) in [7, 11) is 4.77. The summed E-state index contributed by atoms with van der Waals surface area (Å²) in [5, 5.41) is 0. The van der Waals surface area contributed by atoms with Crippen LogP contribution in [0.5, 0.6) is 0 Å². The molecule has 0 aromatic rings. The van der Waals surface area contributed by atoms with Crippen molar-refractivity contribution in [3.05, 3.63) is 0 Å². The van der Waals surface area contributed by atoms with Gasteiger partial charge in [-0.25, -0.2) is 0 Å². The summed E-state index contributed by atoms with van der Waals surface area (Å²) in [6.45, 7) is 6.38. The van der Waals surface area contributed by atoms with Gasteiger partial charge in [-0.1, -0.05) is 90.4 Å². The number of unbranched alkanes of at least 4 members (excludes halogenated alkanes) is 13. The van der Waals surface area contributed by atoms with Crippen LogP contribution in [0.25, 0.3) is 0 Å². The number of rotatable bonds is 25. The van der Waals surface area contributed by atoms with Crippen LogP contribution in [0, 0.1) is 0 Å². The first-order valence-electron chi connectivity index (χ1n) is 13.5. The molecule has 0 fully saturated rings. The Morgan fingerprint density at radius 1 is 0.697 bits per heavy atom. The Labute approximate surface area is 206 Å². The van der Waals surface area contributed by atoms with Gasteiger partial charge in [0.05, 0.1) is 34.4 Å². The lowest BCUT2D eigenvalue weighted by molar-refractivity contribution is -0.870. The molecular weight excluding hydrogens is 437 g/mol. The Hall–Kier alpha value is 0.0300. The molecule has 0 radical (unpaired) electrons. The third-order valence-electron chi connectivity index (χ3n) is 5.86. The molecule has 0 N–H and O–H groups in total. The molecule has 0 aromatic heterocycles. The van der Waals surface area contributed by atoms with Crippen LogP contribution in [0.1, 0.15) is 96.8 Å². The molecule has 33 heavy (non-hydrogen) atoms. The summed E-state index contributed by atoms with van der Waals surface area (Å²) in [6.07, 6.45) is 18.7. The Balaban J connectivity index is 3.53. The minimum absolute atomic E-state index is 0.216. The van der Waals surface area contributed by atoms with Gasteiger partial charge in [-0.15, -0.1) is 0 Å². The molecule has 6 nitrogen and oxygen atoms in total. The van der Waals surface area contributed by atoms with Crippen molar-refractivity contribution < 1.29 is 27.6 Å². The van der Waals surface area contributed by atoms with Crippen molar-refractivity contribution in [3.63, 3.8) is 0 Å². The third-order valence-corrected chi connectivity index (χ3v) is 7.13. The molecule has 2 unspecified atom stereocenters. The van der Waals surface area contributed by atoms with Gasteiger partial charge in [0.15, 0.2) is 0 Å². The van der Waals surface area contributed by atoms with E-state index in [1.54, 1.807) is 7.11 Å². The molecule has 0 aliphatic rings. The summed E-state index contributed by atoms with van der Waals surface area (Å²) >= 11 is 0. The van der Waals surface area contributed by atoms with E-state index in [0.29, 0.717) is 13.2 Å². The van der Waals surface area contributed by atoms with Gasteiger partial charge in [0.2, 0.25) is 0 Å². The highest BCUT2D eigenvalue weighted by atomic mass is 31.2. The second kappa shape index (κ2) is 21.3. The highest BCUT2D eigenvalue weighted by molar-refractivity contribution is 7.52. The maximum absolute atomic E-state index is 12.4. The average molecular weight is 495 g/mol. The van der Waals surface area contributed by atoms with Gasteiger partial charge in [-0.2, -0.15) is 0 Å². The van der Waals surface area contributed by atoms with Gasteiger partial charge in [-0.3, -0.25) is 4.57 Å². The van der Waals surface area contributed by atoms with Gasteiger partial charge < -0.3 is 23.0 Å². The molecule has 0 aliphatic heterocycles. The fraction of sp³-hybridized carbons (Fsp3) is 1.00. The predicted molar refractivity (Wildman–Crippen MR) is 140 cm³/mol. The number of hydrogen-bond acceptors (Lipinski definition) is 5. The highest BCUT2D eigenvalue weighted by Crippen LogP contribution is 2.43. The predicted octanol–water partition coefficient (Wildman–Crippen LogP) is 7.06. The average Bonchev–Trinajstić information content (AvgIpc) is 2.74.